The van der Waals surface area contributed by atoms with Crippen molar-refractivity contribution in [2.75, 3.05) is 13.6 Å². The van der Waals surface area contributed by atoms with Crippen molar-refractivity contribution in [3.63, 3.8) is 0 Å². The van der Waals surface area contributed by atoms with E-state index in [0.717, 1.165) is 37.8 Å². The van der Waals surface area contributed by atoms with Gasteiger partial charge in [0.15, 0.2) is 0 Å². The van der Waals surface area contributed by atoms with Crippen molar-refractivity contribution in [1.29, 1.82) is 0 Å². The quantitative estimate of drug-likeness (QED) is 0.715. The van der Waals surface area contributed by atoms with E-state index in [-0.39, 0.29) is 0 Å². The summed E-state index contributed by atoms with van der Waals surface area (Å²) in [4.78, 5) is 14.6. The van der Waals surface area contributed by atoms with Crippen LogP contribution in [-0.2, 0) is 4.79 Å². The zero-order valence-electron chi connectivity index (χ0n) is 12.9. The van der Waals surface area contributed by atoms with Gasteiger partial charge in [-0.1, -0.05) is 39.0 Å². The van der Waals surface area contributed by atoms with E-state index >= 15 is 0 Å². The molecule has 0 N–H and O–H groups in total. The molecule has 2 fully saturated rings. The second kappa shape index (κ2) is 7.42. The van der Waals surface area contributed by atoms with Gasteiger partial charge < -0.3 is 4.90 Å². The third-order valence-electron chi connectivity index (χ3n) is 5.41. The van der Waals surface area contributed by atoms with Crippen LogP contribution in [0.1, 0.15) is 71.1 Å². The monoisotopic (exact) mass is 265 g/mol. The van der Waals surface area contributed by atoms with Crippen LogP contribution in [0.3, 0.4) is 0 Å². The van der Waals surface area contributed by atoms with Crippen molar-refractivity contribution in [2.24, 2.45) is 11.8 Å². The largest absolute Gasteiger partial charge is 0.303 e. The summed E-state index contributed by atoms with van der Waals surface area (Å²) in [7, 11) is 2.25. The number of rotatable bonds is 4. The van der Waals surface area contributed by atoms with Gasteiger partial charge in [-0.15, -0.1) is 0 Å². The van der Waals surface area contributed by atoms with Gasteiger partial charge in [-0.25, -0.2) is 0 Å². The number of carbonyl (C=O) groups excluding carboxylic acids is 1. The SMILES string of the molecule is CCC1CCC(=O)C(CN(C)C2CCCCCC2)C1. The summed E-state index contributed by atoms with van der Waals surface area (Å²) in [6.07, 6.45) is 12.6. The molecule has 110 valence electrons. The molecule has 0 amide bonds. The zero-order valence-corrected chi connectivity index (χ0v) is 12.9. The van der Waals surface area contributed by atoms with E-state index in [1.54, 1.807) is 0 Å². The first-order valence-electron chi connectivity index (χ1n) is 8.43. The smallest absolute Gasteiger partial charge is 0.137 e. The van der Waals surface area contributed by atoms with Crippen LogP contribution in [0.2, 0.25) is 0 Å². The fraction of sp³-hybridized carbons (Fsp3) is 0.941. The Labute approximate surface area is 118 Å². The molecule has 19 heavy (non-hydrogen) atoms. The first-order chi connectivity index (χ1) is 9.20. The van der Waals surface area contributed by atoms with Crippen molar-refractivity contribution in [3.05, 3.63) is 0 Å². The van der Waals surface area contributed by atoms with E-state index in [4.69, 9.17) is 0 Å². The van der Waals surface area contributed by atoms with Gasteiger partial charge in [-0.3, -0.25) is 4.79 Å². The Morgan fingerprint density at radius 2 is 1.79 bits per heavy atom. The number of hydrogen-bond acceptors (Lipinski definition) is 2. The maximum absolute atomic E-state index is 12.1. The predicted molar refractivity (Wildman–Crippen MR) is 80.2 cm³/mol. The van der Waals surface area contributed by atoms with Gasteiger partial charge in [0, 0.05) is 24.9 Å². The minimum Gasteiger partial charge on any atom is -0.303 e. The van der Waals surface area contributed by atoms with E-state index in [1.807, 2.05) is 0 Å². The maximum Gasteiger partial charge on any atom is 0.137 e. The molecule has 2 nitrogen and oxygen atoms in total. The van der Waals surface area contributed by atoms with Crippen LogP contribution in [0.5, 0.6) is 0 Å². The fourth-order valence-corrected chi connectivity index (χ4v) is 3.94. The van der Waals surface area contributed by atoms with Crippen LogP contribution in [-0.4, -0.2) is 30.3 Å². The molecule has 2 saturated carbocycles. The second-order valence-corrected chi connectivity index (χ2v) is 6.80. The third kappa shape index (κ3) is 4.30. The lowest BCUT2D eigenvalue weighted by atomic mass is 9.79. The number of hydrogen-bond donors (Lipinski definition) is 0. The van der Waals surface area contributed by atoms with Crippen molar-refractivity contribution >= 4 is 5.78 Å². The molecule has 0 aromatic carbocycles. The molecule has 2 unspecified atom stereocenters. The molecule has 2 aliphatic carbocycles. The Bertz CT molecular complexity index is 281. The van der Waals surface area contributed by atoms with E-state index < -0.39 is 0 Å². The topological polar surface area (TPSA) is 20.3 Å². The Hall–Kier alpha value is -0.370. The molecule has 2 heteroatoms. The van der Waals surface area contributed by atoms with Gasteiger partial charge in [0.2, 0.25) is 0 Å². The molecule has 2 atom stereocenters. The average molecular weight is 265 g/mol. The summed E-state index contributed by atoms with van der Waals surface area (Å²) < 4.78 is 0. The minimum absolute atomic E-state index is 0.326. The van der Waals surface area contributed by atoms with Gasteiger partial charge >= 0.3 is 0 Å². The lowest BCUT2D eigenvalue weighted by Gasteiger charge is -2.34. The first kappa shape index (κ1) is 15.0. The predicted octanol–water partition coefficient (Wildman–Crippen LogP) is 4.04. The lowest BCUT2D eigenvalue weighted by Crippen LogP contribution is -2.39. The molecular weight excluding hydrogens is 234 g/mol. The maximum atomic E-state index is 12.1. The highest BCUT2D eigenvalue weighted by molar-refractivity contribution is 5.81. The summed E-state index contributed by atoms with van der Waals surface area (Å²) in [6, 6.07) is 0.734. The van der Waals surface area contributed by atoms with Crippen LogP contribution in [0.25, 0.3) is 0 Å². The number of Topliss-reactive ketones (excluding diaryl/α,β-unsaturated/α-hetero) is 1. The van der Waals surface area contributed by atoms with E-state index in [0.29, 0.717) is 11.7 Å². The summed E-state index contributed by atoms with van der Waals surface area (Å²) in [5.74, 6) is 1.65. The Balaban J connectivity index is 1.85. The molecular formula is C17H31NO. The summed E-state index contributed by atoms with van der Waals surface area (Å²) in [5, 5.41) is 0. The Morgan fingerprint density at radius 1 is 1.11 bits per heavy atom. The second-order valence-electron chi connectivity index (χ2n) is 6.80. The van der Waals surface area contributed by atoms with Crippen LogP contribution >= 0.6 is 0 Å². The lowest BCUT2D eigenvalue weighted by molar-refractivity contribution is -0.126. The van der Waals surface area contributed by atoms with Gasteiger partial charge in [0.25, 0.3) is 0 Å². The van der Waals surface area contributed by atoms with Crippen LogP contribution in [0.4, 0.5) is 0 Å². The number of ketones is 1. The van der Waals surface area contributed by atoms with Crippen LogP contribution in [0, 0.1) is 11.8 Å². The molecule has 0 heterocycles. The Morgan fingerprint density at radius 3 is 2.42 bits per heavy atom. The highest BCUT2D eigenvalue weighted by Crippen LogP contribution is 2.30. The third-order valence-corrected chi connectivity index (χ3v) is 5.41. The molecule has 0 aliphatic heterocycles. The van der Waals surface area contributed by atoms with Crippen LogP contribution < -0.4 is 0 Å². The molecule has 0 aromatic heterocycles. The summed E-state index contributed by atoms with van der Waals surface area (Å²) in [5.41, 5.74) is 0. The van der Waals surface area contributed by atoms with Crippen molar-refractivity contribution in [1.82, 2.24) is 4.90 Å². The molecule has 0 aromatic rings. The van der Waals surface area contributed by atoms with Crippen molar-refractivity contribution < 1.29 is 4.79 Å². The minimum atomic E-state index is 0.326. The molecule has 0 radical (unpaired) electrons. The van der Waals surface area contributed by atoms with Crippen molar-refractivity contribution in [2.45, 2.75) is 77.2 Å². The standard InChI is InChI=1S/C17H31NO/c1-3-14-10-11-17(19)15(12-14)13-18(2)16-8-6-4-5-7-9-16/h14-16H,3-13H2,1-2H3. The van der Waals surface area contributed by atoms with E-state index in [1.165, 1.54) is 44.9 Å². The molecule has 0 saturated heterocycles. The molecule has 2 rings (SSSR count). The summed E-state index contributed by atoms with van der Waals surface area (Å²) >= 11 is 0. The van der Waals surface area contributed by atoms with Gasteiger partial charge in [0.05, 0.1) is 0 Å². The normalized spacial score (nSPS) is 30.6. The molecule has 0 spiro atoms. The van der Waals surface area contributed by atoms with Gasteiger partial charge in [-0.2, -0.15) is 0 Å². The highest BCUT2D eigenvalue weighted by atomic mass is 16.1. The molecule has 0 bridgehead atoms. The van der Waals surface area contributed by atoms with Gasteiger partial charge in [0.1, 0.15) is 5.78 Å². The zero-order chi connectivity index (χ0) is 13.7. The number of carbonyl (C=O) groups is 1. The average Bonchev–Trinajstić information content (AvgIpc) is 2.70. The van der Waals surface area contributed by atoms with Crippen molar-refractivity contribution in [3.8, 4) is 0 Å². The van der Waals surface area contributed by atoms with Crippen LogP contribution in [0.15, 0.2) is 0 Å². The molecule has 2 aliphatic rings. The van der Waals surface area contributed by atoms with Gasteiger partial charge in [-0.05, 0) is 38.6 Å². The first-order valence-corrected chi connectivity index (χ1v) is 8.43. The highest BCUT2D eigenvalue weighted by Gasteiger charge is 2.30. The fourth-order valence-electron chi connectivity index (χ4n) is 3.94. The number of nitrogens with zero attached hydrogens (tertiary/aromatic N) is 1. The van der Waals surface area contributed by atoms with E-state index in [9.17, 15) is 4.79 Å². The summed E-state index contributed by atoms with van der Waals surface area (Å²) in [6.45, 7) is 3.28. The van der Waals surface area contributed by atoms with E-state index in [2.05, 4.69) is 18.9 Å². The Kier molecular flexibility index (Phi) is 5.87.